The molecular formula is C24H20Cl2N2O3. The third kappa shape index (κ3) is 3.42. The molecule has 3 aromatic rings. The molecular weight excluding hydrogens is 435 g/mol. The normalized spacial score (nSPS) is 19.9. The fourth-order valence-electron chi connectivity index (χ4n) is 4.50. The van der Waals surface area contributed by atoms with Crippen molar-refractivity contribution < 1.29 is 9.21 Å². The summed E-state index contributed by atoms with van der Waals surface area (Å²) in [6.07, 6.45) is 2.49. The number of Topliss-reactive ketones (excluding diaryl/α,β-unsaturated/α-hetero) is 1. The van der Waals surface area contributed by atoms with Crippen molar-refractivity contribution in [1.82, 2.24) is 0 Å². The number of hydrogen-bond donors (Lipinski definition) is 2. The van der Waals surface area contributed by atoms with Gasteiger partial charge in [-0.3, -0.25) is 9.59 Å². The van der Waals surface area contributed by atoms with Gasteiger partial charge in [0.25, 0.3) is 0 Å². The van der Waals surface area contributed by atoms with Crippen LogP contribution in [0.25, 0.3) is 11.0 Å². The van der Waals surface area contributed by atoms with E-state index in [-0.39, 0.29) is 32.6 Å². The highest BCUT2D eigenvalue weighted by Crippen LogP contribution is 2.45. The minimum absolute atomic E-state index is 0.00711. The second kappa shape index (κ2) is 7.14. The zero-order chi connectivity index (χ0) is 21.9. The van der Waals surface area contributed by atoms with Gasteiger partial charge in [0.15, 0.2) is 16.8 Å². The average Bonchev–Trinajstić information content (AvgIpc) is 2.84. The predicted octanol–water partition coefficient (Wildman–Crippen LogP) is 6.32. The smallest absolute Gasteiger partial charge is 0.198 e. The molecule has 31 heavy (non-hydrogen) atoms. The first-order valence-electron chi connectivity index (χ1n) is 10.0. The second-order valence-electron chi connectivity index (χ2n) is 8.87. The average molecular weight is 455 g/mol. The molecule has 1 atom stereocenters. The Bertz CT molecular complexity index is 1340. The van der Waals surface area contributed by atoms with Crippen LogP contribution < -0.4 is 16.1 Å². The Balaban J connectivity index is 1.76. The second-order valence-corrected chi connectivity index (χ2v) is 9.71. The lowest BCUT2D eigenvalue weighted by atomic mass is 9.73. The van der Waals surface area contributed by atoms with Crippen molar-refractivity contribution in [2.24, 2.45) is 5.41 Å². The summed E-state index contributed by atoms with van der Waals surface area (Å²) in [4.78, 5) is 26.8. The maximum absolute atomic E-state index is 13.5. The Morgan fingerprint density at radius 1 is 1.06 bits per heavy atom. The number of rotatable bonds is 1. The molecule has 0 unspecified atom stereocenters. The maximum atomic E-state index is 13.5. The SMILES string of the molecule is CC1(C)CC(=O)C2=C(C1)Nc1ccccc1N[C@@H]2c1coc2c(Cl)cc(Cl)cc2c1=O. The number of benzene rings is 2. The van der Waals surface area contributed by atoms with Gasteiger partial charge in [-0.25, -0.2) is 0 Å². The molecule has 1 aliphatic heterocycles. The summed E-state index contributed by atoms with van der Waals surface area (Å²) in [5.74, 6) is 0.00711. The summed E-state index contributed by atoms with van der Waals surface area (Å²) in [5, 5.41) is 7.74. The van der Waals surface area contributed by atoms with Crippen molar-refractivity contribution in [2.75, 3.05) is 10.6 Å². The quantitative estimate of drug-likeness (QED) is 0.449. The van der Waals surface area contributed by atoms with E-state index in [1.165, 1.54) is 12.3 Å². The first kappa shape index (κ1) is 20.2. The number of anilines is 2. The third-order valence-corrected chi connectivity index (χ3v) is 6.35. The van der Waals surface area contributed by atoms with Gasteiger partial charge < -0.3 is 15.1 Å². The zero-order valence-corrected chi connectivity index (χ0v) is 18.5. The maximum Gasteiger partial charge on any atom is 0.198 e. The van der Waals surface area contributed by atoms with E-state index in [1.54, 1.807) is 6.07 Å². The molecule has 0 bridgehead atoms. The molecule has 7 heteroatoms. The van der Waals surface area contributed by atoms with Gasteiger partial charge in [-0.2, -0.15) is 0 Å². The largest absolute Gasteiger partial charge is 0.462 e. The van der Waals surface area contributed by atoms with Crippen LogP contribution in [0.5, 0.6) is 0 Å². The lowest BCUT2D eigenvalue weighted by molar-refractivity contribution is -0.118. The lowest BCUT2D eigenvalue weighted by Crippen LogP contribution is -2.33. The number of ketones is 1. The number of hydrogen-bond acceptors (Lipinski definition) is 5. The van der Waals surface area contributed by atoms with E-state index in [2.05, 4.69) is 24.5 Å². The van der Waals surface area contributed by atoms with Gasteiger partial charge in [-0.05, 0) is 36.1 Å². The molecule has 2 heterocycles. The zero-order valence-electron chi connectivity index (χ0n) is 17.0. The van der Waals surface area contributed by atoms with Crippen LogP contribution in [-0.2, 0) is 4.79 Å². The predicted molar refractivity (Wildman–Crippen MR) is 124 cm³/mol. The monoisotopic (exact) mass is 454 g/mol. The van der Waals surface area contributed by atoms with Gasteiger partial charge in [0, 0.05) is 22.7 Å². The molecule has 5 nitrogen and oxygen atoms in total. The Labute approximate surface area is 189 Å². The van der Waals surface area contributed by atoms with E-state index in [4.69, 9.17) is 27.6 Å². The Kier molecular flexibility index (Phi) is 4.65. The molecule has 5 rings (SSSR count). The van der Waals surface area contributed by atoms with Gasteiger partial charge in [-0.15, -0.1) is 0 Å². The molecule has 1 aliphatic carbocycles. The Morgan fingerprint density at radius 3 is 2.58 bits per heavy atom. The van der Waals surface area contributed by atoms with Gasteiger partial charge in [-0.1, -0.05) is 49.2 Å². The van der Waals surface area contributed by atoms with Gasteiger partial charge in [0.1, 0.15) is 6.26 Å². The third-order valence-electron chi connectivity index (χ3n) is 5.85. The van der Waals surface area contributed by atoms with Crippen LogP contribution in [-0.4, -0.2) is 5.78 Å². The molecule has 0 radical (unpaired) electrons. The van der Waals surface area contributed by atoms with Crippen LogP contribution in [0, 0.1) is 5.41 Å². The van der Waals surface area contributed by atoms with Crippen molar-refractivity contribution in [2.45, 2.75) is 32.7 Å². The minimum atomic E-state index is -0.659. The summed E-state index contributed by atoms with van der Waals surface area (Å²) < 4.78 is 5.76. The highest BCUT2D eigenvalue weighted by atomic mass is 35.5. The summed E-state index contributed by atoms with van der Waals surface area (Å²) in [5.41, 5.74) is 3.22. The number of allylic oxidation sites excluding steroid dienone is 1. The lowest BCUT2D eigenvalue weighted by Gasteiger charge is -2.33. The van der Waals surface area contributed by atoms with Crippen LogP contribution in [0.3, 0.4) is 0 Å². The topological polar surface area (TPSA) is 71.3 Å². The van der Waals surface area contributed by atoms with Crippen LogP contribution in [0.1, 0.15) is 38.3 Å². The molecule has 2 aromatic carbocycles. The van der Waals surface area contributed by atoms with Gasteiger partial charge in [0.05, 0.1) is 33.4 Å². The number of carbonyl (C=O) groups excluding carboxylic acids is 1. The summed E-state index contributed by atoms with van der Waals surface area (Å²) >= 11 is 12.4. The Hall–Kier alpha value is -2.76. The van der Waals surface area contributed by atoms with Gasteiger partial charge >= 0.3 is 0 Å². The molecule has 1 aromatic heterocycles. The molecule has 2 N–H and O–H groups in total. The van der Waals surface area contributed by atoms with Crippen molar-refractivity contribution in [3.05, 3.63) is 79.8 Å². The molecule has 0 fully saturated rings. The minimum Gasteiger partial charge on any atom is -0.462 e. The van der Waals surface area contributed by atoms with E-state index in [9.17, 15) is 9.59 Å². The molecule has 158 valence electrons. The van der Waals surface area contributed by atoms with Gasteiger partial charge in [0.2, 0.25) is 0 Å². The molecule has 0 amide bonds. The Morgan fingerprint density at radius 2 is 1.81 bits per heavy atom. The molecule has 0 spiro atoms. The first-order valence-corrected chi connectivity index (χ1v) is 10.8. The number of nitrogens with one attached hydrogen (secondary N) is 2. The van der Waals surface area contributed by atoms with E-state index in [0.717, 1.165) is 17.1 Å². The van der Waals surface area contributed by atoms with E-state index < -0.39 is 6.04 Å². The number of fused-ring (bicyclic) bond motifs is 2. The highest BCUT2D eigenvalue weighted by Gasteiger charge is 2.39. The number of halogens is 2. The highest BCUT2D eigenvalue weighted by molar-refractivity contribution is 6.38. The fraction of sp³-hybridized carbons (Fsp3) is 0.250. The van der Waals surface area contributed by atoms with Crippen molar-refractivity contribution in [3.63, 3.8) is 0 Å². The van der Waals surface area contributed by atoms with Crippen molar-refractivity contribution in [1.29, 1.82) is 0 Å². The van der Waals surface area contributed by atoms with E-state index in [1.807, 2.05) is 24.3 Å². The van der Waals surface area contributed by atoms with Crippen LogP contribution in [0.15, 0.2) is 63.1 Å². The van der Waals surface area contributed by atoms with Crippen LogP contribution in [0.2, 0.25) is 10.0 Å². The number of para-hydroxylation sites is 2. The summed E-state index contributed by atoms with van der Waals surface area (Å²) in [6, 6.07) is 10.1. The van der Waals surface area contributed by atoms with Crippen molar-refractivity contribution in [3.8, 4) is 0 Å². The summed E-state index contributed by atoms with van der Waals surface area (Å²) in [7, 11) is 0. The number of carbonyl (C=O) groups is 1. The van der Waals surface area contributed by atoms with E-state index in [0.29, 0.717) is 29.0 Å². The fourth-order valence-corrected chi connectivity index (χ4v) is 5.04. The first-order chi connectivity index (χ1) is 14.7. The summed E-state index contributed by atoms with van der Waals surface area (Å²) in [6.45, 7) is 4.15. The van der Waals surface area contributed by atoms with Crippen molar-refractivity contribution >= 4 is 51.3 Å². The molecule has 0 saturated carbocycles. The van der Waals surface area contributed by atoms with Crippen LogP contribution >= 0.6 is 23.2 Å². The molecule has 2 aliphatic rings. The van der Waals surface area contributed by atoms with E-state index >= 15 is 0 Å². The van der Waals surface area contributed by atoms with Crippen LogP contribution in [0.4, 0.5) is 11.4 Å². The molecule has 0 saturated heterocycles. The standard InChI is InChI=1S/C24H20Cl2N2O3/c1-24(2)9-18-20(19(29)10-24)21(28-17-6-4-3-5-16(17)27-18)14-11-31-23-13(22(14)30)7-12(25)8-15(23)26/h3-8,11,21,27-28H,9-10H2,1-2H3/t21-/m1/s1.